The number of carbonyl (C=O) groups excluding carboxylic acids is 2. The van der Waals surface area contributed by atoms with Gasteiger partial charge in [0.2, 0.25) is 11.8 Å². The van der Waals surface area contributed by atoms with Crippen LogP contribution in [0.3, 0.4) is 0 Å². The fourth-order valence-electron chi connectivity index (χ4n) is 4.90. The van der Waals surface area contributed by atoms with Gasteiger partial charge in [0.1, 0.15) is 24.1 Å². The van der Waals surface area contributed by atoms with Gasteiger partial charge in [-0.05, 0) is 93.8 Å². The molecule has 8 nitrogen and oxygen atoms in total. The minimum atomic E-state index is -4.17. The Kier molecular flexibility index (Phi) is 10.7. The number of para-hydroxylation sites is 1. The SMILES string of the molecule is CC[C@@H](C(=O)NC(C)(C)C)N(Cc1ccccc1C)C(=O)CN(c1ccc(Oc2ccccc2)cc1)S(=O)(=O)c1ccccc1. The number of nitrogens with zero attached hydrogens (tertiary/aromatic N) is 2. The van der Waals surface area contributed by atoms with Crippen LogP contribution in [0.4, 0.5) is 5.69 Å². The molecule has 0 aliphatic heterocycles. The number of hydrogen-bond acceptors (Lipinski definition) is 5. The van der Waals surface area contributed by atoms with Crippen molar-refractivity contribution in [1.82, 2.24) is 10.2 Å². The maximum Gasteiger partial charge on any atom is 0.264 e. The molecule has 0 aromatic heterocycles. The van der Waals surface area contributed by atoms with Crippen LogP contribution in [0.5, 0.6) is 11.5 Å². The summed E-state index contributed by atoms with van der Waals surface area (Å²) in [6, 6.07) is 30.6. The van der Waals surface area contributed by atoms with Gasteiger partial charge in [0.05, 0.1) is 10.6 Å². The second-order valence-corrected chi connectivity index (χ2v) is 13.7. The van der Waals surface area contributed by atoms with Crippen LogP contribution in [0.15, 0.2) is 114 Å². The van der Waals surface area contributed by atoms with Crippen molar-refractivity contribution in [3.8, 4) is 11.5 Å². The molecule has 45 heavy (non-hydrogen) atoms. The quantitative estimate of drug-likeness (QED) is 0.189. The van der Waals surface area contributed by atoms with Crippen molar-refractivity contribution >= 4 is 27.5 Å². The Labute approximate surface area is 266 Å². The Bertz CT molecular complexity index is 1690. The number of anilines is 1. The van der Waals surface area contributed by atoms with Crippen LogP contribution in [-0.2, 0) is 26.2 Å². The molecule has 1 N–H and O–H groups in total. The first-order chi connectivity index (χ1) is 21.4. The highest BCUT2D eigenvalue weighted by atomic mass is 32.2. The number of nitrogens with one attached hydrogen (secondary N) is 1. The van der Waals surface area contributed by atoms with Crippen LogP contribution in [0, 0.1) is 6.92 Å². The fraction of sp³-hybridized carbons (Fsp3) is 0.278. The third-order valence-electron chi connectivity index (χ3n) is 7.20. The number of rotatable bonds is 12. The Hall–Kier alpha value is -4.63. The van der Waals surface area contributed by atoms with E-state index >= 15 is 0 Å². The third-order valence-corrected chi connectivity index (χ3v) is 8.99. The number of hydrogen-bond donors (Lipinski definition) is 1. The second kappa shape index (κ2) is 14.4. The lowest BCUT2D eigenvalue weighted by atomic mass is 10.0. The molecule has 0 radical (unpaired) electrons. The smallest absolute Gasteiger partial charge is 0.264 e. The van der Waals surface area contributed by atoms with E-state index in [1.165, 1.54) is 17.0 Å². The van der Waals surface area contributed by atoms with Gasteiger partial charge in [0, 0.05) is 12.1 Å². The van der Waals surface area contributed by atoms with Crippen LogP contribution in [0.1, 0.15) is 45.2 Å². The summed E-state index contributed by atoms with van der Waals surface area (Å²) < 4.78 is 35.2. The van der Waals surface area contributed by atoms with Crippen molar-refractivity contribution in [1.29, 1.82) is 0 Å². The number of amides is 2. The summed E-state index contributed by atoms with van der Waals surface area (Å²) in [5.74, 6) is 0.352. The highest BCUT2D eigenvalue weighted by molar-refractivity contribution is 7.92. The fourth-order valence-corrected chi connectivity index (χ4v) is 6.33. The van der Waals surface area contributed by atoms with Crippen LogP contribution < -0.4 is 14.4 Å². The summed E-state index contributed by atoms with van der Waals surface area (Å²) in [6.07, 6.45) is 0.344. The van der Waals surface area contributed by atoms with E-state index < -0.39 is 34.1 Å². The molecule has 0 unspecified atom stereocenters. The monoisotopic (exact) mass is 627 g/mol. The van der Waals surface area contributed by atoms with Gasteiger partial charge < -0.3 is 15.0 Å². The zero-order chi connectivity index (χ0) is 32.6. The molecular formula is C36H41N3O5S. The second-order valence-electron chi connectivity index (χ2n) is 11.8. The highest BCUT2D eigenvalue weighted by Gasteiger charge is 2.34. The zero-order valence-electron chi connectivity index (χ0n) is 26.4. The van der Waals surface area contributed by atoms with Crippen LogP contribution in [0.2, 0.25) is 0 Å². The maximum atomic E-state index is 14.3. The molecule has 0 spiro atoms. The first-order valence-corrected chi connectivity index (χ1v) is 16.4. The van der Waals surface area contributed by atoms with Crippen LogP contribution in [-0.4, -0.2) is 43.3 Å². The molecule has 0 saturated carbocycles. The lowest BCUT2D eigenvalue weighted by Crippen LogP contribution is -2.55. The average molecular weight is 628 g/mol. The summed E-state index contributed by atoms with van der Waals surface area (Å²) >= 11 is 0. The topological polar surface area (TPSA) is 96.0 Å². The molecule has 236 valence electrons. The van der Waals surface area contributed by atoms with Gasteiger partial charge in [0.25, 0.3) is 10.0 Å². The van der Waals surface area contributed by atoms with Gasteiger partial charge in [-0.25, -0.2) is 8.42 Å². The minimum Gasteiger partial charge on any atom is -0.457 e. The van der Waals surface area contributed by atoms with E-state index in [9.17, 15) is 18.0 Å². The molecule has 2 amide bonds. The van der Waals surface area contributed by atoms with Gasteiger partial charge >= 0.3 is 0 Å². The highest BCUT2D eigenvalue weighted by Crippen LogP contribution is 2.29. The Morgan fingerprint density at radius 3 is 1.93 bits per heavy atom. The average Bonchev–Trinajstić information content (AvgIpc) is 3.01. The third kappa shape index (κ3) is 8.73. The van der Waals surface area contributed by atoms with Gasteiger partial charge in [-0.2, -0.15) is 0 Å². The lowest BCUT2D eigenvalue weighted by Gasteiger charge is -2.35. The first kappa shape index (κ1) is 33.3. The summed E-state index contributed by atoms with van der Waals surface area (Å²) in [6.45, 7) is 9.06. The Balaban J connectivity index is 1.73. The minimum absolute atomic E-state index is 0.0467. The number of sulfonamides is 1. The molecule has 0 saturated heterocycles. The molecule has 0 aliphatic rings. The largest absolute Gasteiger partial charge is 0.457 e. The van der Waals surface area contributed by atoms with Gasteiger partial charge in [-0.15, -0.1) is 0 Å². The van der Waals surface area contributed by atoms with E-state index in [0.717, 1.165) is 15.4 Å². The molecular weight excluding hydrogens is 586 g/mol. The standard InChI is InChI=1S/C36H41N3O5S/c1-6-33(35(41)37-36(3,4)5)38(25-28-16-14-13-15-27(28)2)34(40)26-39(45(42,43)32-19-11-8-12-20-32)29-21-23-31(24-22-29)44-30-17-9-7-10-18-30/h7-24,33H,6,25-26H2,1-5H3,(H,37,41)/t33-/m0/s1. The van der Waals surface area contributed by atoms with Crippen molar-refractivity contribution in [2.75, 3.05) is 10.8 Å². The lowest BCUT2D eigenvalue weighted by molar-refractivity contribution is -0.141. The summed E-state index contributed by atoms with van der Waals surface area (Å²) in [7, 11) is -4.17. The number of ether oxygens (including phenoxy) is 1. The van der Waals surface area contributed by atoms with Gasteiger partial charge in [-0.1, -0.05) is 67.6 Å². The molecule has 0 heterocycles. The molecule has 1 atom stereocenters. The number of carbonyl (C=O) groups is 2. The van der Waals surface area contributed by atoms with Crippen LogP contribution in [0.25, 0.3) is 0 Å². The van der Waals surface area contributed by atoms with E-state index in [2.05, 4.69) is 5.32 Å². The van der Waals surface area contributed by atoms with E-state index in [1.807, 2.05) is 89.2 Å². The van der Waals surface area contributed by atoms with E-state index in [4.69, 9.17) is 4.74 Å². The summed E-state index contributed by atoms with van der Waals surface area (Å²) in [5, 5.41) is 2.99. The first-order valence-electron chi connectivity index (χ1n) is 15.0. The van der Waals surface area contributed by atoms with Crippen molar-refractivity contribution in [2.24, 2.45) is 0 Å². The molecule has 4 aromatic rings. The van der Waals surface area contributed by atoms with E-state index in [-0.39, 0.29) is 23.0 Å². The molecule has 0 fully saturated rings. The molecule has 0 bridgehead atoms. The molecule has 4 aromatic carbocycles. The maximum absolute atomic E-state index is 14.3. The van der Waals surface area contributed by atoms with Gasteiger partial charge in [-0.3, -0.25) is 13.9 Å². The molecule has 4 rings (SSSR count). The van der Waals surface area contributed by atoms with E-state index in [0.29, 0.717) is 17.9 Å². The van der Waals surface area contributed by atoms with Crippen molar-refractivity contribution in [2.45, 2.75) is 64.1 Å². The summed E-state index contributed by atoms with van der Waals surface area (Å²) in [5.41, 5.74) is 1.60. The normalized spacial score (nSPS) is 12.2. The molecule has 9 heteroatoms. The number of benzene rings is 4. The Morgan fingerprint density at radius 2 is 1.36 bits per heavy atom. The molecule has 0 aliphatic carbocycles. The van der Waals surface area contributed by atoms with Crippen molar-refractivity contribution in [3.63, 3.8) is 0 Å². The van der Waals surface area contributed by atoms with Crippen molar-refractivity contribution in [3.05, 3.63) is 120 Å². The predicted octanol–water partition coefficient (Wildman–Crippen LogP) is 6.70. The van der Waals surface area contributed by atoms with Crippen molar-refractivity contribution < 1.29 is 22.7 Å². The predicted molar refractivity (Wildman–Crippen MR) is 178 cm³/mol. The van der Waals surface area contributed by atoms with Crippen LogP contribution >= 0.6 is 0 Å². The van der Waals surface area contributed by atoms with E-state index in [1.54, 1.807) is 42.5 Å². The zero-order valence-corrected chi connectivity index (χ0v) is 27.3. The summed E-state index contributed by atoms with van der Waals surface area (Å²) in [4.78, 5) is 29.4. The van der Waals surface area contributed by atoms with Gasteiger partial charge in [0.15, 0.2) is 0 Å². The number of aryl methyl sites for hydroxylation is 1. The Morgan fingerprint density at radius 1 is 0.800 bits per heavy atom.